The van der Waals surface area contributed by atoms with Gasteiger partial charge in [-0.3, -0.25) is 9.89 Å². The Bertz CT molecular complexity index is 1180. The molecule has 1 aliphatic heterocycles. The zero-order chi connectivity index (χ0) is 25.4. The summed E-state index contributed by atoms with van der Waals surface area (Å²) in [7, 11) is 0. The molecule has 2 aliphatic rings. The van der Waals surface area contributed by atoms with Crippen LogP contribution in [0.1, 0.15) is 58.4 Å². The SMILES string of the molecule is CC(C)(C)C(C=Cc1ccc(Cl)cc1Cl)[NH+]=C1NC(=S)N(c2ccc(F)c(Cl)c2)C12CCCCC2. The van der Waals surface area contributed by atoms with Crippen LogP contribution in [0, 0.1) is 11.2 Å². The minimum atomic E-state index is -0.438. The van der Waals surface area contributed by atoms with E-state index >= 15 is 0 Å². The van der Waals surface area contributed by atoms with Gasteiger partial charge in [-0.05, 0) is 67.0 Å². The van der Waals surface area contributed by atoms with Crippen molar-refractivity contribution in [3.63, 3.8) is 0 Å². The average molecular weight is 554 g/mol. The molecule has 2 fully saturated rings. The number of halogens is 4. The van der Waals surface area contributed by atoms with E-state index in [1.807, 2.05) is 18.2 Å². The minimum Gasteiger partial charge on any atom is -0.282 e. The Morgan fingerprint density at radius 1 is 1.06 bits per heavy atom. The molecule has 0 amide bonds. The number of nitrogens with one attached hydrogen (secondary N) is 2. The maximum absolute atomic E-state index is 13.9. The number of hydrogen-bond donors (Lipinski definition) is 2. The van der Waals surface area contributed by atoms with Gasteiger partial charge in [0.25, 0.3) is 10.9 Å². The first-order valence-corrected chi connectivity index (χ1v) is 13.4. The lowest BCUT2D eigenvalue weighted by Crippen LogP contribution is -2.87. The van der Waals surface area contributed by atoms with Crippen molar-refractivity contribution in [2.24, 2.45) is 5.41 Å². The lowest BCUT2D eigenvalue weighted by molar-refractivity contribution is -0.511. The normalized spacial score (nSPS) is 20.1. The Morgan fingerprint density at radius 3 is 2.40 bits per heavy atom. The molecular formula is C27H30Cl3FN3S+. The molecule has 1 saturated carbocycles. The smallest absolute Gasteiger partial charge is 0.276 e. The highest BCUT2D eigenvalue weighted by Crippen LogP contribution is 2.40. The maximum atomic E-state index is 13.9. The highest BCUT2D eigenvalue weighted by atomic mass is 35.5. The minimum absolute atomic E-state index is 0.0184. The lowest BCUT2D eigenvalue weighted by Gasteiger charge is -2.38. The fourth-order valence-electron chi connectivity index (χ4n) is 4.90. The second-order valence-corrected chi connectivity index (χ2v) is 12.0. The van der Waals surface area contributed by atoms with Crippen LogP contribution in [0.15, 0.2) is 42.5 Å². The van der Waals surface area contributed by atoms with Gasteiger partial charge in [0, 0.05) is 21.1 Å². The Balaban J connectivity index is 1.76. The zero-order valence-corrected chi connectivity index (χ0v) is 23.2. The van der Waals surface area contributed by atoms with Gasteiger partial charge in [0.2, 0.25) is 0 Å². The summed E-state index contributed by atoms with van der Waals surface area (Å²) in [6, 6.07) is 10.3. The second-order valence-electron chi connectivity index (χ2n) is 10.3. The van der Waals surface area contributed by atoms with E-state index in [1.54, 1.807) is 18.2 Å². The first kappa shape index (κ1) is 26.4. The molecule has 1 aliphatic carbocycles. The van der Waals surface area contributed by atoms with Crippen molar-refractivity contribution in [3.05, 3.63) is 68.9 Å². The van der Waals surface area contributed by atoms with Crippen molar-refractivity contribution in [1.82, 2.24) is 5.32 Å². The third-order valence-corrected chi connectivity index (χ3v) is 7.97. The fraction of sp³-hybridized carbons (Fsp3) is 0.407. The number of anilines is 1. The van der Waals surface area contributed by atoms with Gasteiger partial charge in [-0.1, -0.05) is 87.0 Å². The predicted molar refractivity (Wildman–Crippen MR) is 150 cm³/mol. The molecule has 1 saturated heterocycles. The largest absolute Gasteiger partial charge is 0.282 e. The summed E-state index contributed by atoms with van der Waals surface area (Å²) in [4.78, 5) is 5.91. The summed E-state index contributed by atoms with van der Waals surface area (Å²) in [6.07, 6.45) is 9.37. The van der Waals surface area contributed by atoms with Crippen LogP contribution < -0.4 is 15.2 Å². The standard InChI is InChI=1S/C27H29Cl3FN3S/c1-26(2,3)23(12-8-17-7-9-18(28)15-20(17)29)32-24-27(13-5-4-6-14-27)34(25(35)33-24)19-10-11-22(31)21(30)16-19/h7-12,15-16,23H,4-6,13-14H2,1-3H3,(H,32,33,35)/p+1. The fourth-order valence-corrected chi connectivity index (χ4v) is 5.93. The Kier molecular flexibility index (Phi) is 7.82. The van der Waals surface area contributed by atoms with Crippen molar-refractivity contribution in [1.29, 1.82) is 0 Å². The predicted octanol–water partition coefficient (Wildman–Crippen LogP) is 6.79. The lowest BCUT2D eigenvalue weighted by atomic mass is 9.79. The van der Waals surface area contributed by atoms with Crippen LogP contribution in [0.5, 0.6) is 0 Å². The molecule has 4 rings (SSSR count). The highest BCUT2D eigenvalue weighted by Gasteiger charge is 2.55. The van der Waals surface area contributed by atoms with E-state index in [9.17, 15) is 4.39 Å². The zero-order valence-electron chi connectivity index (χ0n) is 20.1. The third kappa shape index (κ3) is 5.53. The summed E-state index contributed by atoms with van der Waals surface area (Å²) in [5.74, 6) is 0.543. The molecule has 2 aromatic rings. The number of nitrogens with zero attached hydrogens (tertiary/aromatic N) is 1. The quantitative estimate of drug-likeness (QED) is 0.409. The van der Waals surface area contributed by atoms with Crippen LogP contribution in [-0.4, -0.2) is 22.5 Å². The number of hydrogen-bond acceptors (Lipinski definition) is 1. The monoisotopic (exact) mass is 552 g/mol. The van der Waals surface area contributed by atoms with Crippen LogP contribution in [0.3, 0.4) is 0 Å². The number of rotatable bonds is 4. The molecule has 0 radical (unpaired) electrons. The Hall–Kier alpha value is -1.66. The van der Waals surface area contributed by atoms with E-state index in [0.717, 1.165) is 42.8 Å². The van der Waals surface area contributed by atoms with Crippen LogP contribution in [0.2, 0.25) is 15.1 Å². The summed E-state index contributed by atoms with van der Waals surface area (Å²) in [5, 5.41) is 5.37. The molecule has 0 aromatic heterocycles. The number of thiocarbonyl (C=S) groups is 1. The Labute approximate surface area is 227 Å². The van der Waals surface area contributed by atoms with Gasteiger partial charge in [-0.25, -0.2) is 9.71 Å². The van der Waals surface area contributed by atoms with Crippen molar-refractivity contribution in [2.75, 3.05) is 4.90 Å². The first-order valence-electron chi connectivity index (χ1n) is 11.8. The average Bonchev–Trinajstić information content (AvgIpc) is 3.04. The molecule has 1 unspecified atom stereocenters. The van der Waals surface area contributed by atoms with Crippen molar-refractivity contribution >= 4 is 69.7 Å². The molecule has 0 bridgehead atoms. The van der Waals surface area contributed by atoms with Gasteiger partial charge < -0.3 is 0 Å². The molecular weight excluding hydrogens is 524 g/mol. The third-order valence-electron chi connectivity index (χ3n) is 6.83. The number of amidine groups is 1. The van der Waals surface area contributed by atoms with Crippen LogP contribution in [0.4, 0.5) is 10.1 Å². The Morgan fingerprint density at radius 2 is 1.77 bits per heavy atom. The van der Waals surface area contributed by atoms with Crippen LogP contribution >= 0.6 is 47.0 Å². The van der Waals surface area contributed by atoms with E-state index in [4.69, 9.17) is 47.0 Å². The van der Waals surface area contributed by atoms with E-state index in [0.29, 0.717) is 15.2 Å². The van der Waals surface area contributed by atoms with E-state index < -0.39 is 5.82 Å². The molecule has 186 valence electrons. The molecule has 35 heavy (non-hydrogen) atoms. The second kappa shape index (κ2) is 10.4. The molecule has 2 aromatic carbocycles. The van der Waals surface area contributed by atoms with Gasteiger partial charge in [0.15, 0.2) is 0 Å². The van der Waals surface area contributed by atoms with Crippen LogP contribution in [0.25, 0.3) is 6.08 Å². The molecule has 8 heteroatoms. The molecule has 1 atom stereocenters. The van der Waals surface area contributed by atoms with Crippen LogP contribution in [-0.2, 0) is 0 Å². The first-order chi connectivity index (χ1) is 16.5. The van der Waals surface area contributed by atoms with E-state index in [-0.39, 0.29) is 22.0 Å². The van der Waals surface area contributed by atoms with Crippen molar-refractivity contribution in [3.8, 4) is 0 Å². The van der Waals surface area contributed by atoms with Gasteiger partial charge in [-0.15, -0.1) is 0 Å². The highest BCUT2D eigenvalue weighted by molar-refractivity contribution is 7.80. The van der Waals surface area contributed by atoms with Gasteiger partial charge in [-0.2, -0.15) is 0 Å². The van der Waals surface area contributed by atoms with Crippen molar-refractivity contribution in [2.45, 2.75) is 64.5 Å². The van der Waals surface area contributed by atoms with Gasteiger partial charge >= 0.3 is 0 Å². The van der Waals surface area contributed by atoms with Gasteiger partial charge in [0.05, 0.1) is 5.02 Å². The molecule has 1 heterocycles. The van der Waals surface area contributed by atoms with Gasteiger partial charge in [0.1, 0.15) is 17.4 Å². The van der Waals surface area contributed by atoms with E-state index in [2.05, 4.69) is 42.1 Å². The summed E-state index contributed by atoms with van der Waals surface area (Å²) in [6.45, 7) is 6.58. The molecule has 1 spiro atoms. The summed E-state index contributed by atoms with van der Waals surface area (Å²) < 4.78 is 13.9. The van der Waals surface area contributed by atoms with E-state index in [1.165, 1.54) is 12.5 Å². The summed E-state index contributed by atoms with van der Waals surface area (Å²) in [5.41, 5.74) is 1.24. The van der Waals surface area contributed by atoms with Crippen molar-refractivity contribution < 1.29 is 9.38 Å². The summed E-state index contributed by atoms with van der Waals surface area (Å²) >= 11 is 24.4. The topological polar surface area (TPSA) is 29.2 Å². The molecule has 2 N–H and O–H groups in total. The maximum Gasteiger partial charge on any atom is 0.276 e. The molecule has 3 nitrogen and oxygen atoms in total. The number of benzene rings is 2.